The van der Waals surface area contributed by atoms with Gasteiger partial charge < -0.3 is 14.5 Å². The van der Waals surface area contributed by atoms with Crippen molar-refractivity contribution in [3.8, 4) is 11.3 Å². The zero-order chi connectivity index (χ0) is 22.8. The van der Waals surface area contributed by atoms with Crippen LogP contribution < -0.4 is 0 Å². The van der Waals surface area contributed by atoms with Gasteiger partial charge in [-0.15, -0.1) is 0 Å². The minimum absolute atomic E-state index is 0.000152. The second-order valence-electron chi connectivity index (χ2n) is 9.77. The molecule has 0 atom stereocenters. The van der Waals surface area contributed by atoms with E-state index in [9.17, 15) is 9.59 Å². The van der Waals surface area contributed by atoms with E-state index >= 15 is 0 Å². The number of pyridine rings is 1. The average molecular weight is 448 g/mol. The zero-order valence-electron chi connectivity index (χ0n) is 19.5. The first-order chi connectivity index (χ1) is 16.1. The summed E-state index contributed by atoms with van der Waals surface area (Å²) in [4.78, 5) is 34.9. The highest BCUT2D eigenvalue weighted by Crippen LogP contribution is 2.49. The standard InChI is InChI=1S/C27H33N3O3/c1-29(18-19-30-16-6-3-7-17-30)25(31)21-10-13-27(14-11-21)22-12-15-28-24(23(22)26(32)33-27)20-8-4-2-5-9-20/h2,4-5,8-9,12,15,21H,3,6-7,10-11,13-14,16-19H2,1H3. The van der Waals surface area contributed by atoms with E-state index in [-0.39, 0.29) is 17.8 Å². The Kier molecular flexibility index (Phi) is 6.19. The minimum Gasteiger partial charge on any atom is -0.450 e. The number of likely N-dealkylation sites (tertiary alicyclic amines) is 1. The van der Waals surface area contributed by atoms with Crippen LogP contribution in [0.25, 0.3) is 11.3 Å². The monoisotopic (exact) mass is 447 g/mol. The number of carbonyl (C=O) groups is 2. The first-order valence-electron chi connectivity index (χ1n) is 12.3. The van der Waals surface area contributed by atoms with E-state index in [1.165, 1.54) is 19.3 Å². The van der Waals surface area contributed by atoms with Crippen LogP contribution in [0.2, 0.25) is 0 Å². The molecule has 0 unspecified atom stereocenters. The van der Waals surface area contributed by atoms with Crippen LogP contribution in [0.1, 0.15) is 60.9 Å². The lowest BCUT2D eigenvalue weighted by Crippen LogP contribution is -2.43. The van der Waals surface area contributed by atoms with E-state index in [0.29, 0.717) is 24.1 Å². The minimum atomic E-state index is -0.623. The molecule has 0 N–H and O–H groups in total. The quantitative estimate of drug-likeness (QED) is 0.642. The summed E-state index contributed by atoms with van der Waals surface area (Å²) in [7, 11) is 1.93. The highest BCUT2D eigenvalue weighted by molar-refractivity contribution is 6.00. The van der Waals surface area contributed by atoms with Gasteiger partial charge in [-0.05, 0) is 57.7 Å². The summed E-state index contributed by atoms with van der Waals surface area (Å²) in [6.45, 7) is 4.04. The number of ether oxygens (including phenoxy) is 1. The van der Waals surface area contributed by atoms with Crippen molar-refractivity contribution in [1.29, 1.82) is 0 Å². The van der Waals surface area contributed by atoms with Crippen LogP contribution >= 0.6 is 0 Å². The Labute approximate surface area is 195 Å². The lowest BCUT2D eigenvalue weighted by Gasteiger charge is -2.37. The zero-order valence-corrected chi connectivity index (χ0v) is 19.5. The fourth-order valence-corrected chi connectivity index (χ4v) is 5.75. The molecule has 1 aliphatic carbocycles. The molecular formula is C27H33N3O3. The molecular weight excluding hydrogens is 414 g/mol. The van der Waals surface area contributed by atoms with E-state index in [1.807, 2.05) is 48.3 Å². The van der Waals surface area contributed by atoms with Crippen LogP contribution in [0.3, 0.4) is 0 Å². The topological polar surface area (TPSA) is 62.7 Å². The summed E-state index contributed by atoms with van der Waals surface area (Å²) < 4.78 is 6.03. The Balaban J connectivity index is 1.26. The van der Waals surface area contributed by atoms with Crippen molar-refractivity contribution in [3.63, 3.8) is 0 Å². The van der Waals surface area contributed by atoms with Crippen molar-refractivity contribution in [2.75, 3.05) is 33.2 Å². The van der Waals surface area contributed by atoms with Crippen molar-refractivity contribution in [1.82, 2.24) is 14.8 Å². The Morgan fingerprint density at radius 3 is 2.58 bits per heavy atom. The number of likely N-dealkylation sites (N-methyl/N-ethyl adjacent to an activating group) is 1. The number of rotatable bonds is 5. The smallest absolute Gasteiger partial charge is 0.341 e. The number of carbonyl (C=O) groups excluding carboxylic acids is 2. The highest BCUT2D eigenvalue weighted by atomic mass is 16.6. The van der Waals surface area contributed by atoms with Crippen LogP contribution in [-0.4, -0.2) is 59.9 Å². The van der Waals surface area contributed by atoms with Gasteiger partial charge in [-0.3, -0.25) is 9.78 Å². The molecule has 2 fully saturated rings. The van der Waals surface area contributed by atoms with Crippen molar-refractivity contribution in [2.45, 2.75) is 50.5 Å². The number of hydrogen-bond acceptors (Lipinski definition) is 5. The average Bonchev–Trinajstić information content (AvgIpc) is 3.15. The van der Waals surface area contributed by atoms with E-state index in [2.05, 4.69) is 9.88 Å². The Morgan fingerprint density at radius 1 is 1.12 bits per heavy atom. The van der Waals surface area contributed by atoms with Gasteiger partial charge in [-0.25, -0.2) is 4.79 Å². The van der Waals surface area contributed by atoms with Gasteiger partial charge in [-0.1, -0.05) is 36.8 Å². The maximum absolute atomic E-state index is 13.1. The van der Waals surface area contributed by atoms with Gasteiger partial charge in [0.2, 0.25) is 5.91 Å². The van der Waals surface area contributed by atoms with Gasteiger partial charge in [-0.2, -0.15) is 0 Å². The summed E-state index contributed by atoms with van der Waals surface area (Å²) in [6.07, 6.45) is 8.47. The van der Waals surface area contributed by atoms with Crippen LogP contribution in [0.15, 0.2) is 42.6 Å². The first kappa shape index (κ1) is 22.1. The molecule has 6 nitrogen and oxygen atoms in total. The third-order valence-corrected chi connectivity index (χ3v) is 7.70. The summed E-state index contributed by atoms with van der Waals surface area (Å²) in [5, 5.41) is 0. The molecule has 5 rings (SSSR count). The molecule has 1 saturated heterocycles. The Hall–Kier alpha value is -2.73. The lowest BCUT2D eigenvalue weighted by atomic mass is 9.74. The number of benzene rings is 1. The van der Waals surface area contributed by atoms with Gasteiger partial charge in [0.15, 0.2) is 0 Å². The molecule has 3 heterocycles. The summed E-state index contributed by atoms with van der Waals surface area (Å²) in [5.74, 6) is -0.0633. The fourth-order valence-electron chi connectivity index (χ4n) is 5.75. The van der Waals surface area contributed by atoms with Crippen molar-refractivity contribution in [3.05, 3.63) is 53.7 Å². The van der Waals surface area contributed by atoms with Crippen LogP contribution in [0.4, 0.5) is 0 Å². The Morgan fingerprint density at radius 2 is 1.85 bits per heavy atom. The summed E-state index contributed by atoms with van der Waals surface area (Å²) >= 11 is 0. The molecule has 0 bridgehead atoms. The molecule has 1 spiro atoms. The Bertz CT molecular complexity index is 1010. The molecule has 0 radical (unpaired) electrons. The summed E-state index contributed by atoms with van der Waals surface area (Å²) in [6, 6.07) is 11.7. The molecule has 6 heteroatoms. The molecule has 174 valence electrons. The molecule has 1 amide bonds. The van der Waals surface area contributed by atoms with E-state index in [0.717, 1.165) is 50.1 Å². The number of hydrogen-bond donors (Lipinski definition) is 0. The second-order valence-corrected chi connectivity index (χ2v) is 9.77. The molecule has 1 saturated carbocycles. The maximum atomic E-state index is 13.1. The fraction of sp³-hybridized carbons (Fsp3) is 0.519. The largest absolute Gasteiger partial charge is 0.450 e. The first-order valence-corrected chi connectivity index (χ1v) is 12.3. The number of esters is 1. The maximum Gasteiger partial charge on any atom is 0.341 e. The third kappa shape index (κ3) is 4.29. The van der Waals surface area contributed by atoms with Gasteiger partial charge >= 0.3 is 5.97 Å². The van der Waals surface area contributed by atoms with Gasteiger partial charge in [0.1, 0.15) is 5.60 Å². The number of piperidine rings is 1. The van der Waals surface area contributed by atoms with Crippen molar-refractivity contribution < 1.29 is 14.3 Å². The van der Waals surface area contributed by atoms with Gasteiger partial charge in [0.05, 0.1) is 11.3 Å². The molecule has 3 aliphatic rings. The second kappa shape index (κ2) is 9.26. The molecule has 1 aromatic carbocycles. The molecule has 2 aromatic rings. The number of fused-ring (bicyclic) bond motifs is 2. The normalized spacial score (nSPS) is 25.0. The van der Waals surface area contributed by atoms with Crippen molar-refractivity contribution in [2.24, 2.45) is 5.92 Å². The van der Waals surface area contributed by atoms with E-state index in [1.54, 1.807) is 6.20 Å². The molecule has 2 aliphatic heterocycles. The van der Waals surface area contributed by atoms with E-state index < -0.39 is 5.60 Å². The molecule has 1 aromatic heterocycles. The van der Waals surface area contributed by atoms with Gasteiger partial charge in [0.25, 0.3) is 0 Å². The number of amides is 1. The third-order valence-electron chi connectivity index (χ3n) is 7.70. The van der Waals surface area contributed by atoms with Crippen LogP contribution in [0, 0.1) is 5.92 Å². The van der Waals surface area contributed by atoms with Crippen molar-refractivity contribution >= 4 is 11.9 Å². The lowest BCUT2D eigenvalue weighted by molar-refractivity contribution is -0.137. The highest BCUT2D eigenvalue weighted by Gasteiger charge is 2.49. The number of aromatic nitrogens is 1. The SMILES string of the molecule is CN(CCN1CCCCC1)C(=O)C1CCC2(CC1)OC(=O)c1c2ccnc1-c1ccccc1. The van der Waals surface area contributed by atoms with Crippen LogP contribution in [0.5, 0.6) is 0 Å². The molecule has 33 heavy (non-hydrogen) atoms. The van der Waals surface area contributed by atoms with E-state index in [4.69, 9.17) is 4.74 Å². The summed E-state index contributed by atoms with van der Waals surface area (Å²) in [5.41, 5.74) is 2.51. The van der Waals surface area contributed by atoms with Gasteiger partial charge in [0, 0.05) is 43.4 Å². The number of nitrogens with zero attached hydrogens (tertiary/aromatic N) is 3. The predicted octanol–water partition coefficient (Wildman–Crippen LogP) is 4.25. The van der Waals surface area contributed by atoms with Crippen LogP contribution in [-0.2, 0) is 15.1 Å². The predicted molar refractivity (Wildman–Crippen MR) is 127 cm³/mol.